The molecule has 0 aromatic heterocycles. The Kier molecular flexibility index (Phi) is 6.75. The van der Waals surface area contributed by atoms with Crippen molar-refractivity contribution in [2.45, 2.75) is 26.2 Å². The minimum Gasteiger partial charge on any atom is -0.378 e. The number of carbonyl (C=O) groups is 2. The Hall–Kier alpha value is -3.02. The van der Waals surface area contributed by atoms with Gasteiger partial charge in [-0.05, 0) is 67.8 Å². The maximum atomic E-state index is 12.5. The number of carbonyl (C=O) groups excluding carboxylic acids is 2. The minimum absolute atomic E-state index is 0.0233. The average Bonchev–Trinajstić information content (AvgIpc) is 2.73. The summed E-state index contributed by atoms with van der Waals surface area (Å²) in [7, 11) is 3.92. The molecular weight excluding hydrogens is 364 g/mol. The quantitative estimate of drug-likeness (QED) is 0.811. The number of nitrogens with one attached hydrogen (secondary N) is 1. The summed E-state index contributed by atoms with van der Waals surface area (Å²) < 4.78 is 0. The first-order valence-corrected chi connectivity index (χ1v) is 10.1. The molecule has 1 saturated heterocycles. The number of piperidine rings is 1. The van der Waals surface area contributed by atoms with Gasteiger partial charge in [-0.25, -0.2) is 0 Å². The monoisotopic (exact) mass is 394 g/mol. The predicted molar refractivity (Wildman–Crippen MR) is 120 cm³/mol. The Morgan fingerprint density at radius 3 is 2.03 bits per heavy atom. The van der Waals surface area contributed by atoms with Crippen LogP contribution in [0.3, 0.4) is 0 Å². The Bertz CT molecular complexity index is 825. The van der Waals surface area contributed by atoms with Crippen LogP contribution in [0.5, 0.6) is 0 Å². The molecule has 6 nitrogen and oxygen atoms in total. The zero-order valence-corrected chi connectivity index (χ0v) is 17.5. The summed E-state index contributed by atoms with van der Waals surface area (Å²) in [5.74, 6) is -0.388. The van der Waals surface area contributed by atoms with Crippen LogP contribution in [0.25, 0.3) is 0 Å². The molecule has 0 aliphatic carbocycles. The van der Waals surface area contributed by atoms with E-state index >= 15 is 0 Å². The van der Waals surface area contributed by atoms with Crippen molar-refractivity contribution in [2.75, 3.05) is 53.7 Å². The Labute approximate surface area is 173 Å². The van der Waals surface area contributed by atoms with E-state index in [1.807, 2.05) is 67.5 Å². The van der Waals surface area contributed by atoms with E-state index in [-0.39, 0.29) is 18.4 Å². The predicted octanol–water partition coefficient (Wildman–Crippen LogP) is 3.73. The molecule has 0 spiro atoms. The van der Waals surface area contributed by atoms with Crippen molar-refractivity contribution in [3.8, 4) is 0 Å². The van der Waals surface area contributed by atoms with Crippen molar-refractivity contribution in [3.05, 3.63) is 48.5 Å². The van der Waals surface area contributed by atoms with Crippen LogP contribution in [-0.4, -0.2) is 45.5 Å². The zero-order valence-electron chi connectivity index (χ0n) is 17.5. The molecule has 2 aromatic carbocycles. The van der Waals surface area contributed by atoms with Crippen LogP contribution >= 0.6 is 0 Å². The number of anilines is 4. The smallest absolute Gasteiger partial charge is 0.244 e. The SMILES string of the molecule is CC(=O)N(CC(=O)Nc1ccc(N2CCCCC2)cc1)c1ccc(N(C)C)cc1. The van der Waals surface area contributed by atoms with E-state index in [0.29, 0.717) is 5.69 Å². The van der Waals surface area contributed by atoms with Gasteiger partial charge in [0, 0.05) is 56.9 Å². The normalized spacial score (nSPS) is 13.7. The van der Waals surface area contributed by atoms with E-state index < -0.39 is 0 Å². The molecule has 1 heterocycles. The van der Waals surface area contributed by atoms with Crippen molar-refractivity contribution in [3.63, 3.8) is 0 Å². The van der Waals surface area contributed by atoms with Crippen LogP contribution < -0.4 is 20.0 Å². The lowest BCUT2D eigenvalue weighted by atomic mass is 10.1. The first-order valence-electron chi connectivity index (χ1n) is 10.1. The Morgan fingerprint density at radius 2 is 1.48 bits per heavy atom. The Morgan fingerprint density at radius 1 is 0.897 bits per heavy atom. The molecule has 1 aliphatic rings. The molecule has 3 rings (SSSR count). The number of hydrogen-bond acceptors (Lipinski definition) is 4. The van der Waals surface area contributed by atoms with Gasteiger partial charge in [-0.2, -0.15) is 0 Å². The van der Waals surface area contributed by atoms with Crippen LogP contribution in [0.2, 0.25) is 0 Å². The van der Waals surface area contributed by atoms with Crippen molar-refractivity contribution >= 4 is 34.6 Å². The van der Waals surface area contributed by atoms with Gasteiger partial charge in [-0.3, -0.25) is 9.59 Å². The molecular formula is C23H30N4O2. The summed E-state index contributed by atoms with van der Waals surface area (Å²) in [5, 5.41) is 2.90. The minimum atomic E-state index is -0.220. The zero-order chi connectivity index (χ0) is 20.8. The van der Waals surface area contributed by atoms with Gasteiger partial charge in [0.15, 0.2) is 0 Å². The number of benzene rings is 2. The fourth-order valence-electron chi connectivity index (χ4n) is 3.57. The van der Waals surface area contributed by atoms with Gasteiger partial charge in [0.1, 0.15) is 6.54 Å². The molecule has 2 aromatic rings. The van der Waals surface area contributed by atoms with Crippen LogP contribution in [0.15, 0.2) is 48.5 Å². The largest absolute Gasteiger partial charge is 0.378 e. The van der Waals surface area contributed by atoms with Gasteiger partial charge in [0.2, 0.25) is 11.8 Å². The summed E-state index contributed by atoms with van der Waals surface area (Å²) in [4.78, 5) is 30.5. The Balaban J connectivity index is 1.62. The fraction of sp³-hybridized carbons (Fsp3) is 0.391. The molecule has 0 atom stereocenters. The van der Waals surface area contributed by atoms with E-state index in [4.69, 9.17) is 0 Å². The fourth-order valence-corrected chi connectivity index (χ4v) is 3.57. The second-order valence-corrected chi connectivity index (χ2v) is 7.66. The van der Waals surface area contributed by atoms with Crippen LogP contribution in [0.1, 0.15) is 26.2 Å². The standard InChI is InChI=1S/C23H30N4O2/c1-18(28)27(22-13-11-20(12-14-22)25(2)3)17-23(29)24-19-7-9-21(10-8-19)26-15-5-4-6-16-26/h7-14H,4-6,15-17H2,1-3H3,(H,24,29). The van der Waals surface area contributed by atoms with Crippen LogP contribution in [0, 0.1) is 0 Å². The summed E-state index contributed by atoms with van der Waals surface area (Å²) in [6, 6.07) is 15.5. The molecule has 1 fully saturated rings. The van der Waals surface area contributed by atoms with E-state index in [1.54, 1.807) is 0 Å². The number of hydrogen-bond donors (Lipinski definition) is 1. The molecule has 154 valence electrons. The number of amides is 2. The highest BCUT2D eigenvalue weighted by atomic mass is 16.2. The summed E-state index contributed by atoms with van der Waals surface area (Å²) >= 11 is 0. The van der Waals surface area contributed by atoms with Gasteiger partial charge in [-0.15, -0.1) is 0 Å². The van der Waals surface area contributed by atoms with Gasteiger partial charge < -0.3 is 20.0 Å². The second-order valence-electron chi connectivity index (χ2n) is 7.66. The maximum absolute atomic E-state index is 12.5. The van der Waals surface area contributed by atoms with Crippen molar-refractivity contribution < 1.29 is 9.59 Å². The maximum Gasteiger partial charge on any atom is 0.244 e. The molecule has 1 N–H and O–H groups in total. The van der Waals surface area contributed by atoms with Gasteiger partial charge in [0.05, 0.1) is 0 Å². The van der Waals surface area contributed by atoms with Crippen LogP contribution in [-0.2, 0) is 9.59 Å². The third kappa shape index (κ3) is 5.50. The number of rotatable bonds is 6. The lowest BCUT2D eigenvalue weighted by Crippen LogP contribution is -2.36. The highest BCUT2D eigenvalue weighted by molar-refractivity contribution is 6.01. The molecule has 1 aliphatic heterocycles. The number of nitrogens with zero attached hydrogens (tertiary/aromatic N) is 3. The molecule has 0 saturated carbocycles. The van der Waals surface area contributed by atoms with Gasteiger partial charge in [0.25, 0.3) is 0 Å². The molecule has 0 unspecified atom stereocenters. The highest BCUT2D eigenvalue weighted by Crippen LogP contribution is 2.22. The van der Waals surface area contributed by atoms with Gasteiger partial charge >= 0.3 is 0 Å². The van der Waals surface area contributed by atoms with Crippen LogP contribution in [0.4, 0.5) is 22.7 Å². The molecule has 2 amide bonds. The van der Waals surface area contributed by atoms with E-state index in [9.17, 15) is 9.59 Å². The van der Waals surface area contributed by atoms with Crippen molar-refractivity contribution in [2.24, 2.45) is 0 Å². The second kappa shape index (κ2) is 9.45. The van der Waals surface area contributed by atoms with E-state index in [0.717, 1.165) is 24.5 Å². The first-order chi connectivity index (χ1) is 13.9. The average molecular weight is 395 g/mol. The van der Waals surface area contributed by atoms with Crippen molar-refractivity contribution in [1.82, 2.24) is 0 Å². The molecule has 0 radical (unpaired) electrons. The lowest BCUT2D eigenvalue weighted by molar-refractivity contribution is -0.120. The topological polar surface area (TPSA) is 55.9 Å². The summed E-state index contributed by atoms with van der Waals surface area (Å²) in [6.45, 7) is 3.63. The van der Waals surface area contributed by atoms with Gasteiger partial charge in [-0.1, -0.05) is 0 Å². The molecule has 6 heteroatoms. The third-order valence-corrected chi connectivity index (χ3v) is 5.23. The highest BCUT2D eigenvalue weighted by Gasteiger charge is 2.16. The lowest BCUT2D eigenvalue weighted by Gasteiger charge is -2.28. The third-order valence-electron chi connectivity index (χ3n) is 5.23. The van der Waals surface area contributed by atoms with Crippen molar-refractivity contribution in [1.29, 1.82) is 0 Å². The summed E-state index contributed by atoms with van der Waals surface area (Å²) in [5.41, 5.74) is 3.67. The first kappa shape index (κ1) is 20.7. The molecule has 0 bridgehead atoms. The summed E-state index contributed by atoms with van der Waals surface area (Å²) in [6.07, 6.45) is 3.76. The van der Waals surface area contributed by atoms with E-state index in [2.05, 4.69) is 10.2 Å². The van der Waals surface area contributed by atoms with E-state index in [1.165, 1.54) is 36.8 Å². The molecule has 29 heavy (non-hydrogen) atoms.